The van der Waals surface area contributed by atoms with Crippen LogP contribution < -0.4 is 10.2 Å². The molecule has 2 aromatic carbocycles. The second-order valence-corrected chi connectivity index (χ2v) is 7.96. The van der Waals surface area contributed by atoms with Gasteiger partial charge < -0.3 is 4.57 Å². The molecule has 3 aromatic rings. The summed E-state index contributed by atoms with van der Waals surface area (Å²) in [4.78, 5) is 27.3. The zero-order valence-corrected chi connectivity index (χ0v) is 18.5. The third-order valence-electron chi connectivity index (χ3n) is 5.39. The fourth-order valence-electron chi connectivity index (χ4n) is 3.73. The first-order chi connectivity index (χ1) is 14.9. The number of rotatable bonds is 4. The zero-order chi connectivity index (χ0) is 22.1. The van der Waals surface area contributed by atoms with Crippen LogP contribution in [0.4, 0.5) is 5.69 Å². The number of hydrogen-bond donors (Lipinski definition) is 1. The summed E-state index contributed by atoms with van der Waals surface area (Å²) < 4.78 is 1.97. The number of hydrogen-bond acceptors (Lipinski definition) is 3. The van der Waals surface area contributed by atoms with Gasteiger partial charge in [0.2, 0.25) is 0 Å². The molecule has 1 aliphatic rings. The quantitative estimate of drug-likeness (QED) is 0.378. The molecular formula is C25H23N3O2S. The molecule has 1 aliphatic heterocycles. The Labute approximate surface area is 187 Å². The summed E-state index contributed by atoms with van der Waals surface area (Å²) in [5.74, 6) is -0.934. The average molecular weight is 430 g/mol. The molecule has 0 unspecified atom stereocenters. The van der Waals surface area contributed by atoms with Crippen LogP contribution in [0.3, 0.4) is 0 Å². The van der Waals surface area contributed by atoms with Gasteiger partial charge in [-0.2, -0.15) is 0 Å². The zero-order valence-electron chi connectivity index (χ0n) is 17.7. The van der Waals surface area contributed by atoms with Crippen LogP contribution in [0.1, 0.15) is 29.3 Å². The minimum Gasteiger partial charge on any atom is -0.317 e. The first-order valence-corrected chi connectivity index (χ1v) is 10.5. The molecular weight excluding hydrogens is 406 g/mol. The number of aromatic nitrogens is 1. The van der Waals surface area contributed by atoms with Crippen molar-refractivity contribution in [3.8, 4) is 5.69 Å². The standard InChI is InChI=1S/C25H23N3O2S/c1-4-18-8-10-19(11-9-18)28-24(30)21(23(29)26-25(28)31)15-20-6-5-13-27(20)22-12-7-16(2)14-17(22)3/h5-15H,4H2,1-3H3,(H,26,29,31)/b21-15+. The van der Waals surface area contributed by atoms with Crippen LogP contribution in [0.15, 0.2) is 66.4 Å². The molecule has 2 heterocycles. The van der Waals surface area contributed by atoms with Gasteiger partial charge in [0.05, 0.1) is 5.69 Å². The fourth-order valence-corrected chi connectivity index (χ4v) is 4.01. The van der Waals surface area contributed by atoms with E-state index in [9.17, 15) is 9.59 Å². The van der Waals surface area contributed by atoms with Crippen molar-refractivity contribution in [2.45, 2.75) is 27.2 Å². The Morgan fingerprint density at radius 1 is 1.03 bits per heavy atom. The van der Waals surface area contributed by atoms with E-state index in [0.29, 0.717) is 5.69 Å². The lowest BCUT2D eigenvalue weighted by Gasteiger charge is -2.29. The summed E-state index contributed by atoms with van der Waals surface area (Å²) in [5, 5.41) is 2.73. The molecule has 6 heteroatoms. The van der Waals surface area contributed by atoms with Crippen molar-refractivity contribution in [2.24, 2.45) is 0 Å². The predicted molar refractivity (Wildman–Crippen MR) is 127 cm³/mol. The molecule has 31 heavy (non-hydrogen) atoms. The number of carbonyl (C=O) groups excluding carboxylic acids is 2. The molecule has 1 aromatic heterocycles. The molecule has 156 valence electrons. The molecule has 1 fully saturated rings. The molecule has 1 saturated heterocycles. The molecule has 5 nitrogen and oxygen atoms in total. The maximum atomic E-state index is 13.3. The van der Waals surface area contributed by atoms with E-state index in [2.05, 4.69) is 18.3 Å². The lowest BCUT2D eigenvalue weighted by Crippen LogP contribution is -2.54. The van der Waals surface area contributed by atoms with Gasteiger partial charge in [0.15, 0.2) is 5.11 Å². The van der Waals surface area contributed by atoms with Crippen molar-refractivity contribution in [3.63, 3.8) is 0 Å². The van der Waals surface area contributed by atoms with Crippen LogP contribution in [0.25, 0.3) is 11.8 Å². The number of aryl methyl sites for hydroxylation is 3. The summed E-state index contributed by atoms with van der Waals surface area (Å²) in [6.07, 6.45) is 4.43. The van der Waals surface area contributed by atoms with Gasteiger partial charge in [-0.1, -0.05) is 36.8 Å². The van der Waals surface area contributed by atoms with E-state index in [1.165, 1.54) is 10.5 Å². The Morgan fingerprint density at radius 2 is 1.77 bits per heavy atom. The van der Waals surface area contributed by atoms with Gasteiger partial charge in [-0.3, -0.25) is 19.8 Å². The molecule has 0 spiro atoms. The average Bonchev–Trinajstić information content (AvgIpc) is 3.19. The van der Waals surface area contributed by atoms with Gasteiger partial charge in [0.25, 0.3) is 11.8 Å². The Morgan fingerprint density at radius 3 is 2.45 bits per heavy atom. The van der Waals surface area contributed by atoms with Gasteiger partial charge in [0, 0.05) is 17.6 Å². The van der Waals surface area contributed by atoms with Crippen molar-refractivity contribution >= 4 is 40.9 Å². The van der Waals surface area contributed by atoms with Crippen molar-refractivity contribution in [1.29, 1.82) is 0 Å². The van der Waals surface area contributed by atoms with Crippen LogP contribution in [0.2, 0.25) is 0 Å². The molecule has 1 N–H and O–H groups in total. The number of nitrogens with zero attached hydrogens (tertiary/aromatic N) is 2. The second kappa shape index (κ2) is 8.32. The third-order valence-corrected chi connectivity index (χ3v) is 5.67. The van der Waals surface area contributed by atoms with Gasteiger partial charge in [-0.15, -0.1) is 0 Å². The van der Waals surface area contributed by atoms with E-state index >= 15 is 0 Å². The highest BCUT2D eigenvalue weighted by atomic mass is 32.1. The molecule has 0 atom stereocenters. The second-order valence-electron chi connectivity index (χ2n) is 7.57. The Hall–Kier alpha value is -3.51. The first kappa shape index (κ1) is 20.8. The van der Waals surface area contributed by atoms with Crippen LogP contribution in [0.5, 0.6) is 0 Å². The van der Waals surface area contributed by atoms with E-state index in [0.717, 1.165) is 28.9 Å². The summed E-state index contributed by atoms with van der Waals surface area (Å²) in [5.41, 5.74) is 5.83. The van der Waals surface area contributed by atoms with E-state index in [1.807, 2.05) is 73.1 Å². The molecule has 0 bridgehead atoms. The number of nitrogens with one attached hydrogen (secondary N) is 1. The maximum absolute atomic E-state index is 13.3. The van der Waals surface area contributed by atoms with Crippen molar-refractivity contribution in [3.05, 3.63) is 88.8 Å². The molecule has 4 rings (SSSR count). The maximum Gasteiger partial charge on any atom is 0.270 e. The van der Waals surface area contributed by atoms with Crippen LogP contribution in [0, 0.1) is 13.8 Å². The van der Waals surface area contributed by atoms with Crippen molar-refractivity contribution in [1.82, 2.24) is 9.88 Å². The number of benzene rings is 2. The molecule has 0 saturated carbocycles. The van der Waals surface area contributed by atoms with E-state index < -0.39 is 11.8 Å². The minimum atomic E-state index is -0.496. The highest BCUT2D eigenvalue weighted by Crippen LogP contribution is 2.24. The number of carbonyl (C=O) groups is 2. The Kier molecular flexibility index (Phi) is 5.57. The lowest BCUT2D eigenvalue weighted by molar-refractivity contribution is -0.122. The van der Waals surface area contributed by atoms with Gasteiger partial charge in [-0.25, -0.2) is 0 Å². The van der Waals surface area contributed by atoms with Crippen molar-refractivity contribution < 1.29 is 9.59 Å². The third kappa shape index (κ3) is 3.94. The predicted octanol–water partition coefficient (Wildman–Crippen LogP) is 4.49. The fraction of sp³-hybridized carbons (Fsp3) is 0.160. The van der Waals surface area contributed by atoms with Crippen molar-refractivity contribution in [2.75, 3.05) is 4.90 Å². The molecule has 2 amide bonds. The van der Waals surface area contributed by atoms with Gasteiger partial charge in [-0.05, 0) is 80.0 Å². The smallest absolute Gasteiger partial charge is 0.270 e. The monoisotopic (exact) mass is 429 g/mol. The SMILES string of the molecule is CCc1ccc(N2C(=O)/C(=C/c3cccn3-c3ccc(C)cc3C)C(=O)NC2=S)cc1. The minimum absolute atomic E-state index is 0.0397. The normalized spacial score (nSPS) is 15.5. The highest BCUT2D eigenvalue weighted by molar-refractivity contribution is 7.80. The van der Waals surface area contributed by atoms with Gasteiger partial charge >= 0.3 is 0 Å². The summed E-state index contributed by atoms with van der Waals surface area (Å²) >= 11 is 5.30. The van der Waals surface area contributed by atoms with Crippen LogP contribution >= 0.6 is 12.2 Å². The van der Waals surface area contributed by atoms with Crippen LogP contribution in [-0.4, -0.2) is 21.5 Å². The lowest BCUT2D eigenvalue weighted by atomic mass is 10.1. The first-order valence-electron chi connectivity index (χ1n) is 10.1. The highest BCUT2D eigenvalue weighted by Gasteiger charge is 2.34. The Balaban J connectivity index is 1.74. The number of anilines is 1. The largest absolute Gasteiger partial charge is 0.317 e. The van der Waals surface area contributed by atoms with E-state index in [4.69, 9.17) is 12.2 Å². The topological polar surface area (TPSA) is 54.3 Å². The summed E-state index contributed by atoms with van der Waals surface area (Å²) in [6.45, 7) is 6.15. The summed E-state index contributed by atoms with van der Waals surface area (Å²) in [6, 6.07) is 17.5. The van der Waals surface area contributed by atoms with Gasteiger partial charge in [0.1, 0.15) is 5.57 Å². The van der Waals surface area contributed by atoms with E-state index in [-0.39, 0.29) is 10.7 Å². The van der Waals surface area contributed by atoms with Crippen LogP contribution in [-0.2, 0) is 16.0 Å². The molecule has 0 radical (unpaired) electrons. The summed E-state index contributed by atoms with van der Waals surface area (Å²) in [7, 11) is 0. The molecule has 0 aliphatic carbocycles. The Bertz CT molecular complexity index is 1220. The van der Waals surface area contributed by atoms with E-state index in [1.54, 1.807) is 6.08 Å². The number of amides is 2. The number of thiocarbonyl (C=S) groups is 1.